The van der Waals surface area contributed by atoms with Crippen LogP contribution in [0.1, 0.15) is 79.9 Å². The van der Waals surface area contributed by atoms with E-state index in [4.69, 9.17) is 15.5 Å². The number of benzene rings is 3. The maximum atomic E-state index is 13.7. The molecule has 0 saturated heterocycles. The molecule has 0 radical (unpaired) electrons. The number of aliphatic hydroxyl groups is 1. The maximum Gasteiger partial charge on any atom is 0.251 e. The first-order valence-electron chi connectivity index (χ1n) is 13.6. The third-order valence-electron chi connectivity index (χ3n) is 7.13. The molecule has 40 heavy (non-hydrogen) atoms. The van der Waals surface area contributed by atoms with Gasteiger partial charge in [0.2, 0.25) is 0 Å². The van der Waals surface area contributed by atoms with Crippen LogP contribution in [-0.2, 0) is 4.74 Å². The molecule has 0 saturated carbocycles. The molecule has 0 aromatic heterocycles. The van der Waals surface area contributed by atoms with E-state index in [0.29, 0.717) is 29.8 Å². The number of nitrogens with zero attached hydrogens (tertiary/aromatic N) is 1. The van der Waals surface area contributed by atoms with Gasteiger partial charge in [0, 0.05) is 30.7 Å². The van der Waals surface area contributed by atoms with Crippen LogP contribution in [0, 0.1) is 17.6 Å². The van der Waals surface area contributed by atoms with Gasteiger partial charge < -0.3 is 20.9 Å². The monoisotopic (exact) mass is 551 g/mol. The van der Waals surface area contributed by atoms with Crippen LogP contribution in [-0.4, -0.2) is 30.1 Å². The minimum atomic E-state index is -0.836. The van der Waals surface area contributed by atoms with Gasteiger partial charge >= 0.3 is 0 Å². The lowest BCUT2D eigenvalue weighted by Gasteiger charge is -2.22. The molecular formula is C32H39F2N3O3. The zero-order chi connectivity index (χ0) is 29.2. The predicted molar refractivity (Wildman–Crippen MR) is 156 cm³/mol. The van der Waals surface area contributed by atoms with Crippen LogP contribution in [0.25, 0.3) is 0 Å². The third kappa shape index (κ3) is 8.69. The molecule has 0 bridgehead atoms. The Bertz CT molecular complexity index is 1280. The highest BCUT2D eigenvalue weighted by Gasteiger charge is 2.20. The molecule has 3 aromatic rings. The first-order chi connectivity index (χ1) is 19.1. The van der Waals surface area contributed by atoms with Gasteiger partial charge in [-0.3, -0.25) is 9.79 Å². The van der Waals surface area contributed by atoms with Gasteiger partial charge in [0.05, 0.1) is 17.4 Å². The van der Waals surface area contributed by atoms with Gasteiger partial charge in [0.25, 0.3) is 5.91 Å². The number of nitrogens with one attached hydrogen (secondary N) is 1. The number of hydrogen-bond donors (Lipinski definition) is 3. The van der Waals surface area contributed by atoms with E-state index in [9.17, 15) is 18.7 Å². The summed E-state index contributed by atoms with van der Waals surface area (Å²) in [4.78, 5) is 18.1. The van der Waals surface area contributed by atoms with Crippen molar-refractivity contribution in [2.75, 3.05) is 12.8 Å². The molecule has 0 spiro atoms. The van der Waals surface area contributed by atoms with E-state index < -0.39 is 6.29 Å². The molecule has 0 heterocycles. The molecule has 3 rings (SSSR count). The Morgan fingerprint density at radius 2 is 1.60 bits per heavy atom. The normalized spacial score (nSPS) is 14.8. The summed E-state index contributed by atoms with van der Waals surface area (Å²) in [7, 11) is 1.47. The number of rotatable bonds is 13. The second kappa shape index (κ2) is 14.7. The van der Waals surface area contributed by atoms with Crippen molar-refractivity contribution in [2.24, 2.45) is 10.9 Å². The van der Waals surface area contributed by atoms with Crippen molar-refractivity contribution >= 4 is 23.0 Å². The number of methoxy groups -OCH3 is 1. The Labute approximate surface area is 235 Å². The van der Waals surface area contributed by atoms with Crippen molar-refractivity contribution < 1.29 is 23.4 Å². The number of nitrogens with two attached hydrogens (primary N) is 1. The van der Waals surface area contributed by atoms with Crippen LogP contribution in [0.2, 0.25) is 0 Å². The van der Waals surface area contributed by atoms with Crippen LogP contribution in [0.15, 0.2) is 71.7 Å². The minimum Gasteiger partial charge on any atom is -0.397 e. The number of aliphatic hydroxyl groups excluding tert-OH is 1. The third-order valence-corrected chi connectivity index (χ3v) is 7.13. The van der Waals surface area contributed by atoms with E-state index in [1.807, 2.05) is 20.8 Å². The lowest BCUT2D eigenvalue weighted by molar-refractivity contribution is -0.0863. The highest BCUT2D eigenvalue weighted by atomic mass is 19.1. The molecule has 3 unspecified atom stereocenters. The summed E-state index contributed by atoms with van der Waals surface area (Å²) in [5.74, 6) is -0.877. The lowest BCUT2D eigenvalue weighted by atomic mass is 9.87. The largest absolute Gasteiger partial charge is 0.397 e. The SMILES string of the molecule is CCC(C(CCC(C)CC(O)OC)=Nc1cc(C(=O)N[C@@H](C)c2ccc(F)cc2)ccc1N)c1ccc(F)cc1. The van der Waals surface area contributed by atoms with Gasteiger partial charge in [-0.2, -0.15) is 0 Å². The molecule has 0 aliphatic rings. The van der Waals surface area contributed by atoms with Gasteiger partial charge in [0.15, 0.2) is 6.29 Å². The predicted octanol–water partition coefficient (Wildman–Crippen LogP) is 7.08. The van der Waals surface area contributed by atoms with Gasteiger partial charge in [-0.05, 0) is 85.7 Å². The molecule has 4 N–H and O–H groups in total. The number of amides is 1. The molecule has 214 valence electrons. The highest BCUT2D eigenvalue weighted by Crippen LogP contribution is 2.31. The van der Waals surface area contributed by atoms with Gasteiger partial charge in [-0.1, -0.05) is 38.1 Å². The molecule has 8 heteroatoms. The summed E-state index contributed by atoms with van der Waals surface area (Å²) in [6, 6.07) is 17.0. The van der Waals surface area contributed by atoms with Crippen LogP contribution < -0.4 is 11.1 Å². The average Bonchev–Trinajstić information content (AvgIpc) is 2.94. The number of aliphatic imine (C=N–C) groups is 1. The topological polar surface area (TPSA) is 96.9 Å². The van der Waals surface area contributed by atoms with Crippen molar-refractivity contribution in [1.82, 2.24) is 5.32 Å². The fraction of sp³-hybridized carbons (Fsp3) is 0.375. The summed E-state index contributed by atoms with van der Waals surface area (Å²) in [5, 5.41) is 12.8. The number of hydrogen-bond acceptors (Lipinski definition) is 5. The number of nitrogen functional groups attached to an aromatic ring is 1. The number of halogens is 2. The number of carbonyl (C=O) groups excluding carboxylic acids is 1. The van der Waals surface area contributed by atoms with Crippen LogP contribution in [0.5, 0.6) is 0 Å². The van der Waals surface area contributed by atoms with Gasteiger partial charge in [0.1, 0.15) is 11.6 Å². The molecule has 3 aromatic carbocycles. The van der Waals surface area contributed by atoms with Gasteiger partial charge in [-0.25, -0.2) is 8.78 Å². The highest BCUT2D eigenvalue weighted by molar-refractivity contribution is 5.98. The van der Waals surface area contributed by atoms with E-state index in [1.54, 1.807) is 42.5 Å². The quantitative estimate of drug-likeness (QED) is 0.120. The van der Waals surface area contributed by atoms with Crippen LogP contribution in [0.4, 0.5) is 20.2 Å². The first-order valence-corrected chi connectivity index (χ1v) is 13.6. The molecular weight excluding hydrogens is 512 g/mol. The minimum absolute atomic E-state index is 0.0875. The summed E-state index contributed by atoms with van der Waals surface area (Å²) in [5.41, 5.74) is 10.2. The first kappa shape index (κ1) is 30.9. The molecule has 1 amide bonds. The van der Waals surface area contributed by atoms with E-state index in [-0.39, 0.29) is 35.4 Å². The summed E-state index contributed by atoms with van der Waals surface area (Å²) in [6.45, 7) is 5.92. The Hall–Kier alpha value is -3.62. The Balaban J connectivity index is 1.90. The Kier molecular flexibility index (Phi) is 11.3. The van der Waals surface area contributed by atoms with Crippen molar-refractivity contribution in [3.05, 3.63) is 95.1 Å². The molecule has 0 aliphatic heterocycles. The number of ether oxygens (including phenoxy) is 1. The second-order valence-electron chi connectivity index (χ2n) is 10.2. The molecule has 0 fully saturated rings. The lowest BCUT2D eigenvalue weighted by Crippen LogP contribution is -2.26. The molecule has 4 atom stereocenters. The van der Waals surface area contributed by atoms with Crippen molar-refractivity contribution in [2.45, 2.75) is 64.7 Å². The van der Waals surface area contributed by atoms with Crippen LogP contribution in [0.3, 0.4) is 0 Å². The van der Waals surface area contributed by atoms with E-state index in [0.717, 1.165) is 29.7 Å². The van der Waals surface area contributed by atoms with Crippen molar-refractivity contribution in [3.8, 4) is 0 Å². The fourth-order valence-corrected chi connectivity index (χ4v) is 4.67. The summed E-state index contributed by atoms with van der Waals surface area (Å²) >= 11 is 0. The Morgan fingerprint density at radius 1 is 1.00 bits per heavy atom. The smallest absolute Gasteiger partial charge is 0.251 e. The molecule has 6 nitrogen and oxygen atoms in total. The van der Waals surface area contributed by atoms with Crippen molar-refractivity contribution in [1.29, 1.82) is 0 Å². The summed E-state index contributed by atoms with van der Waals surface area (Å²) < 4.78 is 32.0. The van der Waals surface area contributed by atoms with E-state index in [2.05, 4.69) is 5.32 Å². The van der Waals surface area contributed by atoms with Crippen LogP contribution >= 0.6 is 0 Å². The van der Waals surface area contributed by atoms with E-state index >= 15 is 0 Å². The van der Waals surface area contributed by atoms with Gasteiger partial charge in [-0.15, -0.1) is 0 Å². The van der Waals surface area contributed by atoms with Crippen molar-refractivity contribution in [3.63, 3.8) is 0 Å². The standard InChI is InChI=1S/C32H39F2N3O3/c1-5-27(23-9-14-26(34)15-10-23)29(17-6-20(2)18-31(38)40-4)37-30-19-24(11-16-28(30)35)32(39)36-21(3)22-7-12-25(33)13-8-22/h7-16,19-21,27,31,38H,5-6,17-18,35H2,1-4H3,(H,36,39)/t20?,21-,27?,31?/m0/s1. The zero-order valence-corrected chi connectivity index (χ0v) is 23.5. The molecule has 0 aliphatic carbocycles. The van der Waals surface area contributed by atoms with E-state index in [1.165, 1.54) is 31.4 Å². The Morgan fingerprint density at radius 3 is 2.17 bits per heavy atom. The summed E-state index contributed by atoms with van der Waals surface area (Å²) in [6.07, 6.45) is 1.74. The number of anilines is 1. The second-order valence-corrected chi connectivity index (χ2v) is 10.2. The number of carbonyl (C=O) groups is 1. The fourth-order valence-electron chi connectivity index (χ4n) is 4.67. The zero-order valence-electron chi connectivity index (χ0n) is 23.5. The maximum absolute atomic E-state index is 13.7. The average molecular weight is 552 g/mol.